The number of nitrogens with two attached hydrogens (primary N) is 1. The number of nitrogen functional groups attached to an aromatic ring is 1. The molecule has 2 aromatic carbocycles. The van der Waals surface area contributed by atoms with E-state index < -0.39 is 0 Å². The first-order chi connectivity index (χ1) is 12.2. The van der Waals surface area contributed by atoms with Gasteiger partial charge in [-0.15, -0.1) is 0 Å². The van der Waals surface area contributed by atoms with Gasteiger partial charge in [-0.1, -0.05) is 23.5 Å². The minimum Gasteiger partial charge on any atom is -0.454 e. The van der Waals surface area contributed by atoms with E-state index in [1.165, 1.54) is 17.7 Å². The van der Waals surface area contributed by atoms with Crippen LogP contribution in [-0.4, -0.2) is 15.0 Å². The lowest BCUT2D eigenvalue weighted by atomic mass is 10.1. The highest BCUT2D eigenvalue weighted by Gasteiger charge is 2.12. The second kappa shape index (κ2) is 6.19. The highest BCUT2D eigenvalue weighted by atomic mass is 32.1. The molecule has 0 spiro atoms. The van der Waals surface area contributed by atoms with Gasteiger partial charge < -0.3 is 10.5 Å². The Bertz CT molecular complexity index is 1080. The number of thiazole rings is 1. The van der Waals surface area contributed by atoms with Crippen molar-refractivity contribution in [2.24, 2.45) is 0 Å². The first-order valence-electron chi connectivity index (χ1n) is 7.38. The van der Waals surface area contributed by atoms with E-state index in [9.17, 15) is 5.26 Å². The molecule has 7 heteroatoms. The van der Waals surface area contributed by atoms with Gasteiger partial charge >= 0.3 is 0 Å². The molecule has 0 saturated heterocycles. The average molecular weight is 345 g/mol. The van der Waals surface area contributed by atoms with E-state index >= 15 is 0 Å². The summed E-state index contributed by atoms with van der Waals surface area (Å²) in [4.78, 5) is 13.5. The molecular weight excluding hydrogens is 334 g/mol. The summed E-state index contributed by atoms with van der Waals surface area (Å²) in [5, 5.41) is 10.3. The minimum absolute atomic E-state index is 0.408. The Balaban J connectivity index is 1.72. The lowest BCUT2D eigenvalue weighted by Crippen LogP contribution is -1.93. The van der Waals surface area contributed by atoms with Crippen molar-refractivity contribution < 1.29 is 4.74 Å². The zero-order valence-corrected chi connectivity index (χ0v) is 13.7. The van der Waals surface area contributed by atoms with E-state index in [1.807, 2.05) is 18.2 Å². The van der Waals surface area contributed by atoms with Gasteiger partial charge in [0.2, 0.25) is 0 Å². The molecule has 0 radical (unpaired) electrons. The zero-order chi connectivity index (χ0) is 17.2. The predicted octanol–water partition coefficient (Wildman–Crippen LogP) is 4.00. The standard InChI is InChI=1S/C18H11N5OS/c19-8-12-7-11(17-23-14-9-21-10-22-18(14)25-17)5-6-15(12)24-16-4-2-1-3-13(16)20/h1-7,9-10H,20H2. The molecule has 25 heavy (non-hydrogen) atoms. The van der Waals surface area contributed by atoms with Gasteiger partial charge in [0.15, 0.2) is 0 Å². The predicted molar refractivity (Wildman–Crippen MR) is 96.3 cm³/mol. The summed E-state index contributed by atoms with van der Waals surface area (Å²) >= 11 is 1.45. The third-order valence-electron chi connectivity index (χ3n) is 3.56. The molecular formula is C18H11N5OS. The number of hydrogen-bond acceptors (Lipinski definition) is 7. The number of rotatable bonds is 3. The number of para-hydroxylation sites is 2. The summed E-state index contributed by atoms with van der Waals surface area (Å²) in [5.41, 5.74) is 8.38. The molecule has 4 aromatic rings. The molecule has 0 saturated carbocycles. The Morgan fingerprint density at radius 1 is 1.12 bits per heavy atom. The summed E-state index contributed by atoms with van der Waals surface area (Å²) in [7, 11) is 0. The maximum absolute atomic E-state index is 9.48. The SMILES string of the molecule is N#Cc1cc(-c2nc3cncnc3s2)ccc1Oc1ccccc1N. The van der Waals surface area contributed by atoms with Crippen LogP contribution < -0.4 is 10.5 Å². The quantitative estimate of drug-likeness (QED) is 0.564. The van der Waals surface area contributed by atoms with Crippen LogP contribution in [0.2, 0.25) is 0 Å². The molecule has 0 aliphatic heterocycles. The molecule has 0 bridgehead atoms. The topological polar surface area (TPSA) is 97.7 Å². The molecule has 2 heterocycles. The Morgan fingerprint density at radius 2 is 2.00 bits per heavy atom. The highest BCUT2D eigenvalue weighted by molar-refractivity contribution is 7.21. The van der Waals surface area contributed by atoms with Crippen molar-refractivity contribution in [3.8, 4) is 28.1 Å². The number of nitrogens with zero attached hydrogens (tertiary/aromatic N) is 4. The van der Waals surface area contributed by atoms with E-state index in [1.54, 1.807) is 30.5 Å². The van der Waals surface area contributed by atoms with Crippen molar-refractivity contribution >= 4 is 27.4 Å². The second-order valence-corrected chi connectivity index (χ2v) is 6.17. The summed E-state index contributed by atoms with van der Waals surface area (Å²) in [5.74, 6) is 0.965. The summed E-state index contributed by atoms with van der Waals surface area (Å²) in [6.07, 6.45) is 3.16. The molecule has 2 aromatic heterocycles. The molecule has 0 fully saturated rings. The van der Waals surface area contributed by atoms with E-state index in [-0.39, 0.29) is 0 Å². The fourth-order valence-electron chi connectivity index (χ4n) is 2.34. The van der Waals surface area contributed by atoms with Crippen LogP contribution in [0.25, 0.3) is 20.9 Å². The molecule has 4 rings (SSSR count). The second-order valence-electron chi connectivity index (χ2n) is 5.19. The molecule has 0 unspecified atom stereocenters. The fourth-order valence-corrected chi connectivity index (χ4v) is 3.22. The van der Waals surface area contributed by atoms with Crippen molar-refractivity contribution in [2.45, 2.75) is 0 Å². The maximum Gasteiger partial charge on any atom is 0.150 e. The maximum atomic E-state index is 9.48. The van der Waals surface area contributed by atoms with Gasteiger partial charge in [-0.25, -0.2) is 15.0 Å². The third kappa shape index (κ3) is 2.86. The van der Waals surface area contributed by atoms with Crippen molar-refractivity contribution in [1.82, 2.24) is 15.0 Å². The van der Waals surface area contributed by atoms with Crippen LogP contribution in [0.1, 0.15) is 5.56 Å². The van der Waals surface area contributed by atoms with Crippen LogP contribution >= 0.6 is 11.3 Å². The van der Waals surface area contributed by atoms with Gasteiger partial charge in [-0.05, 0) is 30.3 Å². The molecule has 0 aliphatic rings. The smallest absolute Gasteiger partial charge is 0.150 e. The minimum atomic E-state index is 0.408. The lowest BCUT2D eigenvalue weighted by Gasteiger charge is -2.10. The highest BCUT2D eigenvalue weighted by Crippen LogP contribution is 2.34. The lowest BCUT2D eigenvalue weighted by molar-refractivity contribution is 0.483. The molecule has 0 atom stereocenters. The summed E-state index contributed by atoms with van der Waals surface area (Å²) < 4.78 is 5.79. The normalized spacial score (nSPS) is 10.5. The Kier molecular flexibility index (Phi) is 3.72. The molecule has 6 nitrogen and oxygen atoms in total. The number of benzene rings is 2. The van der Waals surface area contributed by atoms with Crippen LogP contribution in [0.15, 0.2) is 55.0 Å². The Labute approximate surface area is 147 Å². The first-order valence-corrected chi connectivity index (χ1v) is 8.19. The van der Waals surface area contributed by atoms with Crippen molar-refractivity contribution in [3.63, 3.8) is 0 Å². The largest absolute Gasteiger partial charge is 0.454 e. The van der Waals surface area contributed by atoms with Crippen molar-refractivity contribution in [2.75, 3.05) is 5.73 Å². The summed E-state index contributed by atoms with van der Waals surface area (Å²) in [6, 6.07) is 14.7. The van der Waals surface area contributed by atoms with Gasteiger partial charge in [0.1, 0.15) is 39.3 Å². The number of fused-ring (bicyclic) bond motifs is 1. The van der Waals surface area contributed by atoms with Crippen molar-refractivity contribution in [3.05, 3.63) is 60.6 Å². The number of aromatic nitrogens is 3. The van der Waals surface area contributed by atoms with Crippen LogP contribution in [-0.2, 0) is 0 Å². The monoisotopic (exact) mass is 345 g/mol. The number of anilines is 1. The zero-order valence-electron chi connectivity index (χ0n) is 12.9. The van der Waals surface area contributed by atoms with E-state index in [4.69, 9.17) is 10.5 Å². The third-order valence-corrected chi connectivity index (χ3v) is 4.59. The van der Waals surface area contributed by atoms with E-state index in [0.717, 1.165) is 20.9 Å². The van der Waals surface area contributed by atoms with Crippen molar-refractivity contribution in [1.29, 1.82) is 5.26 Å². The van der Waals surface area contributed by atoms with Crippen LogP contribution in [0.5, 0.6) is 11.5 Å². The van der Waals surface area contributed by atoms with Gasteiger partial charge in [0.25, 0.3) is 0 Å². The number of ether oxygens (including phenoxy) is 1. The van der Waals surface area contributed by atoms with Crippen LogP contribution in [0.3, 0.4) is 0 Å². The molecule has 2 N–H and O–H groups in total. The van der Waals surface area contributed by atoms with Gasteiger partial charge in [-0.3, -0.25) is 0 Å². The molecule has 120 valence electrons. The fraction of sp³-hybridized carbons (Fsp3) is 0. The Hall–Kier alpha value is -3.50. The number of nitriles is 1. The van der Waals surface area contributed by atoms with Gasteiger partial charge in [0.05, 0.1) is 17.4 Å². The number of hydrogen-bond donors (Lipinski definition) is 1. The van der Waals surface area contributed by atoms with E-state index in [2.05, 4.69) is 21.0 Å². The van der Waals surface area contributed by atoms with E-state index in [0.29, 0.717) is 22.7 Å². The Morgan fingerprint density at radius 3 is 2.80 bits per heavy atom. The van der Waals surface area contributed by atoms with Gasteiger partial charge in [0, 0.05) is 5.56 Å². The van der Waals surface area contributed by atoms with Crippen LogP contribution in [0.4, 0.5) is 5.69 Å². The molecule has 0 amide bonds. The van der Waals surface area contributed by atoms with Crippen LogP contribution in [0, 0.1) is 11.3 Å². The average Bonchev–Trinajstić information content (AvgIpc) is 3.08. The molecule has 0 aliphatic carbocycles. The summed E-state index contributed by atoms with van der Waals surface area (Å²) in [6.45, 7) is 0. The first kappa shape index (κ1) is 15.1. The van der Waals surface area contributed by atoms with Gasteiger partial charge in [-0.2, -0.15) is 5.26 Å².